The maximum atomic E-state index is 12.3. The predicted molar refractivity (Wildman–Crippen MR) is 120 cm³/mol. The minimum absolute atomic E-state index is 0.0197. The van der Waals surface area contributed by atoms with Gasteiger partial charge in [-0.2, -0.15) is 0 Å². The maximum Gasteiger partial charge on any atom is 0.262 e. The molecule has 1 amide bonds. The summed E-state index contributed by atoms with van der Waals surface area (Å²) in [6.45, 7) is 8.28. The highest BCUT2D eigenvalue weighted by atomic mass is 16.5. The molecular weight excluding hydrogens is 360 g/mol. The largest absolute Gasteiger partial charge is 0.483 e. The van der Waals surface area contributed by atoms with E-state index in [0.29, 0.717) is 6.04 Å². The molecule has 0 spiro atoms. The number of hydrogen-bond donors (Lipinski definition) is 1. The molecule has 0 aromatic heterocycles. The standard InChI is InChI=1S/C25H28N2O2/c1-18(2)27(22-8-6-5-7-9-22)23-14-12-21(13-15-23)26-25(28)17-29-24-16-19(3)10-11-20(24)4/h5-16,18H,17H2,1-4H3,(H,26,28). The van der Waals surface area contributed by atoms with Gasteiger partial charge in [-0.05, 0) is 81.3 Å². The molecular formula is C25H28N2O2. The van der Waals surface area contributed by atoms with E-state index in [0.717, 1.165) is 33.9 Å². The first-order chi connectivity index (χ1) is 13.9. The zero-order valence-electron chi connectivity index (χ0n) is 17.5. The molecule has 0 saturated heterocycles. The summed E-state index contributed by atoms with van der Waals surface area (Å²) < 4.78 is 5.68. The van der Waals surface area contributed by atoms with Gasteiger partial charge in [0, 0.05) is 23.1 Å². The Morgan fingerprint density at radius 2 is 1.59 bits per heavy atom. The average molecular weight is 389 g/mol. The number of rotatable bonds is 7. The monoisotopic (exact) mass is 388 g/mol. The molecule has 0 aliphatic heterocycles. The van der Waals surface area contributed by atoms with E-state index in [2.05, 4.69) is 36.2 Å². The lowest BCUT2D eigenvalue weighted by Gasteiger charge is -2.29. The normalized spacial score (nSPS) is 10.7. The highest BCUT2D eigenvalue weighted by Crippen LogP contribution is 2.28. The molecule has 1 N–H and O–H groups in total. The molecule has 0 aliphatic rings. The Labute approximate surface area is 173 Å². The minimum atomic E-state index is -0.178. The highest BCUT2D eigenvalue weighted by molar-refractivity contribution is 5.92. The zero-order chi connectivity index (χ0) is 20.8. The van der Waals surface area contributed by atoms with Crippen molar-refractivity contribution in [2.75, 3.05) is 16.8 Å². The van der Waals surface area contributed by atoms with Crippen molar-refractivity contribution in [1.29, 1.82) is 0 Å². The fourth-order valence-electron chi connectivity index (χ4n) is 3.24. The Morgan fingerprint density at radius 3 is 2.24 bits per heavy atom. The van der Waals surface area contributed by atoms with E-state index in [4.69, 9.17) is 4.74 Å². The van der Waals surface area contributed by atoms with Crippen LogP contribution in [0.5, 0.6) is 5.75 Å². The Bertz CT molecular complexity index is 950. The SMILES string of the molecule is Cc1ccc(C)c(OCC(=O)Nc2ccc(N(c3ccccc3)C(C)C)cc2)c1. The summed E-state index contributed by atoms with van der Waals surface area (Å²) in [5, 5.41) is 2.90. The number of amides is 1. The number of hydrogen-bond acceptors (Lipinski definition) is 3. The molecule has 4 nitrogen and oxygen atoms in total. The van der Waals surface area contributed by atoms with Gasteiger partial charge in [0.25, 0.3) is 5.91 Å². The molecule has 0 saturated carbocycles. The van der Waals surface area contributed by atoms with Gasteiger partial charge in [-0.3, -0.25) is 4.79 Å². The Morgan fingerprint density at radius 1 is 0.931 bits per heavy atom. The van der Waals surface area contributed by atoms with Gasteiger partial charge in [-0.25, -0.2) is 0 Å². The van der Waals surface area contributed by atoms with Crippen molar-refractivity contribution in [2.24, 2.45) is 0 Å². The molecule has 0 radical (unpaired) electrons. The molecule has 3 aromatic carbocycles. The minimum Gasteiger partial charge on any atom is -0.483 e. The fraction of sp³-hybridized carbons (Fsp3) is 0.240. The van der Waals surface area contributed by atoms with Gasteiger partial charge in [0.05, 0.1) is 0 Å². The summed E-state index contributed by atoms with van der Waals surface area (Å²) in [5.41, 5.74) is 5.09. The van der Waals surface area contributed by atoms with Crippen molar-refractivity contribution in [2.45, 2.75) is 33.7 Å². The molecule has 0 aliphatic carbocycles. The molecule has 0 heterocycles. The summed E-state index contributed by atoms with van der Waals surface area (Å²) in [7, 11) is 0. The summed E-state index contributed by atoms with van der Waals surface area (Å²) >= 11 is 0. The molecule has 3 rings (SSSR count). The molecule has 0 bridgehead atoms. The van der Waals surface area contributed by atoms with Crippen molar-refractivity contribution in [3.63, 3.8) is 0 Å². The average Bonchev–Trinajstić information content (AvgIpc) is 2.71. The first kappa shape index (κ1) is 20.5. The van der Waals surface area contributed by atoms with Crippen LogP contribution in [0.3, 0.4) is 0 Å². The van der Waals surface area contributed by atoms with Crippen LogP contribution in [0.1, 0.15) is 25.0 Å². The smallest absolute Gasteiger partial charge is 0.262 e. The Hall–Kier alpha value is -3.27. The number of benzene rings is 3. The number of para-hydroxylation sites is 1. The van der Waals surface area contributed by atoms with Crippen molar-refractivity contribution in [3.8, 4) is 5.75 Å². The van der Waals surface area contributed by atoms with Crippen molar-refractivity contribution in [3.05, 3.63) is 83.9 Å². The number of ether oxygens (including phenoxy) is 1. The van der Waals surface area contributed by atoms with Crippen LogP contribution in [-0.4, -0.2) is 18.6 Å². The molecule has 3 aromatic rings. The van der Waals surface area contributed by atoms with Crippen LogP contribution in [-0.2, 0) is 4.79 Å². The first-order valence-electron chi connectivity index (χ1n) is 9.88. The molecule has 4 heteroatoms. The quantitative estimate of drug-likeness (QED) is 0.550. The van der Waals surface area contributed by atoms with Crippen LogP contribution >= 0.6 is 0 Å². The van der Waals surface area contributed by atoms with Crippen LogP contribution in [0.4, 0.5) is 17.1 Å². The Kier molecular flexibility index (Phi) is 6.55. The second-order valence-corrected chi connectivity index (χ2v) is 7.45. The number of nitrogens with zero attached hydrogens (tertiary/aromatic N) is 1. The van der Waals surface area contributed by atoms with E-state index in [1.54, 1.807) is 0 Å². The molecule has 0 fully saturated rings. The Balaban J connectivity index is 1.64. The van der Waals surface area contributed by atoms with Crippen molar-refractivity contribution >= 4 is 23.0 Å². The summed E-state index contributed by atoms with van der Waals surface area (Å²) in [6, 6.07) is 24.4. The summed E-state index contributed by atoms with van der Waals surface area (Å²) in [5.74, 6) is 0.563. The molecule has 0 unspecified atom stereocenters. The topological polar surface area (TPSA) is 41.6 Å². The van der Waals surface area contributed by atoms with Crippen LogP contribution in [0.15, 0.2) is 72.8 Å². The lowest BCUT2D eigenvalue weighted by Crippen LogP contribution is -2.25. The van der Waals surface area contributed by atoms with Gasteiger partial charge in [0.1, 0.15) is 5.75 Å². The van der Waals surface area contributed by atoms with Crippen molar-refractivity contribution in [1.82, 2.24) is 0 Å². The lowest BCUT2D eigenvalue weighted by atomic mass is 10.1. The van der Waals surface area contributed by atoms with Crippen LogP contribution in [0.25, 0.3) is 0 Å². The van der Waals surface area contributed by atoms with E-state index in [-0.39, 0.29) is 12.5 Å². The predicted octanol–water partition coefficient (Wildman–Crippen LogP) is 5.87. The van der Waals surface area contributed by atoms with Gasteiger partial charge in [-0.15, -0.1) is 0 Å². The van der Waals surface area contributed by atoms with Crippen molar-refractivity contribution < 1.29 is 9.53 Å². The van der Waals surface area contributed by atoms with E-state index in [9.17, 15) is 4.79 Å². The second-order valence-electron chi connectivity index (χ2n) is 7.45. The van der Waals surface area contributed by atoms with Gasteiger partial charge in [0.15, 0.2) is 6.61 Å². The van der Waals surface area contributed by atoms with Crippen LogP contribution in [0.2, 0.25) is 0 Å². The van der Waals surface area contributed by atoms with Gasteiger partial charge in [-0.1, -0.05) is 30.3 Å². The molecule has 29 heavy (non-hydrogen) atoms. The van der Waals surface area contributed by atoms with Gasteiger partial charge >= 0.3 is 0 Å². The molecule has 0 atom stereocenters. The van der Waals surface area contributed by atoms with E-state index in [1.807, 2.05) is 74.5 Å². The lowest BCUT2D eigenvalue weighted by molar-refractivity contribution is -0.118. The van der Waals surface area contributed by atoms with Gasteiger partial charge in [0.2, 0.25) is 0 Å². The summed E-state index contributed by atoms with van der Waals surface area (Å²) in [6.07, 6.45) is 0. The number of aryl methyl sites for hydroxylation is 2. The maximum absolute atomic E-state index is 12.3. The third-order valence-electron chi connectivity index (χ3n) is 4.68. The number of anilines is 3. The zero-order valence-corrected chi connectivity index (χ0v) is 17.5. The highest BCUT2D eigenvalue weighted by Gasteiger charge is 2.13. The number of carbonyl (C=O) groups excluding carboxylic acids is 1. The third-order valence-corrected chi connectivity index (χ3v) is 4.68. The second kappa shape index (κ2) is 9.28. The first-order valence-corrected chi connectivity index (χ1v) is 9.88. The van der Waals surface area contributed by atoms with Crippen LogP contribution in [0, 0.1) is 13.8 Å². The van der Waals surface area contributed by atoms with E-state index in [1.165, 1.54) is 0 Å². The summed E-state index contributed by atoms with van der Waals surface area (Å²) in [4.78, 5) is 14.5. The van der Waals surface area contributed by atoms with E-state index < -0.39 is 0 Å². The van der Waals surface area contributed by atoms with Gasteiger partial charge < -0.3 is 15.0 Å². The van der Waals surface area contributed by atoms with E-state index >= 15 is 0 Å². The number of nitrogens with one attached hydrogen (secondary N) is 1. The number of carbonyl (C=O) groups is 1. The van der Waals surface area contributed by atoms with Crippen LogP contribution < -0.4 is 15.0 Å². The molecule has 150 valence electrons. The fourth-order valence-corrected chi connectivity index (χ4v) is 3.24. The third kappa shape index (κ3) is 5.38.